The van der Waals surface area contributed by atoms with Crippen LogP contribution < -0.4 is 5.32 Å². The van der Waals surface area contributed by atoms with Gasteiger partial charge in [-0.05, 0) is 22.9 Å². The van der Waals surface area contributed by atoms with Gasteiger partial charge in [0.1, 0.15) is 5.76 Å². The first-order valence-electron chi connectivity index (χ1n) is 6.88. The molecule has 0 aliphatic carbocycles. The molecule has 1 atom stereocenters. The zero-order valence-electron chi connectivity index (χ0n) is 12.3. The van der Waals surface area contributed by atoms with Gasteiger partial charge in [0.05, 0.1) is 0 Å². The fourth-order valence-electron chi connectivity index (χ4n) is 2.09. The minimum absolute atomic E-state index is 0.121. The van der Waals surface area contributed by atoms with E-state index in [2.05, 4.69) is 15.5 Å². The molecule has 2 N–H and O–H groups in total. The van der Waals surface area contributed by atoms with E-state index in [-0.39, 0.29) is 16.9 Å². The summed E-state index contributed by atoms with van der Waals surface area (Å²) in [5.74, 6) is 0.214. The monoisotopic (exact) mass is 355 g/mol. The average Bonchev–Trinajstić information content (AvgIpc) is 3.16. The van der Waals surface area contributed by atoms with Gasteiger partial charge in [0, 0.05) is 23.1 Å². The van der Waals surface area contributed by atoms with Crippen LogP contribution in [-0.4, -0.2) is 15.2 Å². The molecule has 5 nitrogen and oxygen atoms in total. The molecule has 0 radical (unpaired) electrons. The Balaban J connectivity index is 1.71. The molecule has 0 amide bonds. The van der Waals surface area contributed by atoms with Crippen molar-refractivity contribution in [1.82, 2.24) is 10.1 Å². The predicted molar refractivity (Wildman–Crippen MR) is 82.5 cm³/mol. The Morgan fingerprint density at radius 2 is 1.96 bits per heavy atom. The predicted octanol–water partition coefficient (Wildman–Crippen LogP) is 4.75. The number of anilines is 2. The molecule has 0 spiro atoms. The maximum atomic E-state index is 12.5. The Labute approximate surface area is 138 Å². The summed E-state index contributed by atoms with van der Waals surface area (Å²) in [7, 11) is 0. The van der Waals surface area contributed by atoms with Crippen LogP contribution in [0.5, 0.6) is 5.88 Å². The van der Waals surface area contributed by atoms with Crippen LogP contribution in [0.1, 0.15) is 29.9 Å². The van der Waals surface area contributed by atoms with Gasteiger partial charge in [-0.25, -0.2) is 4.98 Å². The lowest BCUT2D eigenvalue weighted by Gasteiger charge is -2.09. The van der Waals surface area contributed by atoms with E-state index in [9.17, 15) is 18.3 Å². The summed E-state index contributed by atoms with van der Waals surface area (Å²) in [6.07, 6.45) is -4.45. The molecule has 3 aromatic rings. The largest absolute Gasteiger partial charge is 0.491 e. The molecule has 0 aliphatic heterocycles. The molecule has 126 valence electrons. The summed E-state index contributed by atoms with van der Waals surface area (Å²) in [6.45, 7) is 1.89. The highest BCUT2D eigenvalue weighted by Gasteiger charge is 2.33. The number of rotatable bonds is 4. The number of aromatic nitrogens is 2. The third kappa shape index (κ3) is 3.51. The van der Waals surface area contributed by atoms with E-state index in [0.717, 1.165) is 22.3 Å². The van der Waals surface area contributed by atoms with Crippen LogP contribution in [0.3, 0.4) is 0 Å². The second-order valence-electron chi connectivity index (χ2n) is 5.09. The van der Waals surface area contributed by atoms with Gasteiger partial charge in [0.2, 0.25) is 0 Å². The van der Waals surface area contributed by atoms with Crippen molar-refractivity contribution in [1.29, 1.82) is 0 Å². The Hall–Kier alpha value is -2.55. The van der Waals surface area contributed by atoms with Crippen LogP contribution in [0.2, 0.25) is 0 Å². The van der Waals surface area contributed by atoms with Gasteiger partial charge in [0.25, 0.3) is 5.88 Å². The SMILES string of the molecule is CC(c1ccc(Nc2nc(C(F)(F)F)cs2)cc1)c1cc(O)no1. The van der Waals surface area contributed by atoms with E-state index >= 15 is 0 Å². The summed E-state index contributed by atoms with van der Waals surface area (Å²) in [6, 6.07) is 8.52. The molecule has 3 rings (SSSR count). The number of thiazole rings is 1. The second-order valence-corrected chi connectivity index (χ2v) is 5.95. The topological polar surface area (TPSA) is 71.2 Å². The summed E-state index contributed by atoms with van der Waals surface area (Å²) in [5.41, 5.74) is 0.617. The minimum atomic E-state index is -4.45. The van der Waals surface area contributed by atoms with Gasteiger partial charge >= 0.3 is 6.18 Å². The minimum Gasteiger partial charge on any atom is -0.491 e. The highest BCUT2D eigenvalue weighted by atomic mass is 32.1. The van der Waals surface area contributed by atoms with Crippen molar-refractivity contribution < 1.29 is 22.8 Å². The molecule has 1 aromatic carbocycles. The number of aromatic hydroxyl groups is 1. The molecule has 24 heavy (non-hydrogen) atoms. The Morgan fingerprint density at radius 1 is 1.25 bits per heavy atom. The zero-order chi connectivity index (χ0) is 17.3. The maximum absolute atomic E-state index is 12.5. The van der Waals surface area contributed by atoms with Crippen molar-refractivity contribution in [3.05, 3.63) is 52.7 Å². The highest BCUT2D eigenvalue weighted by molar-refractivity contribution is 7.13. The second kappa shape index (κ2) is 6.16. The maximum Gasteiger partial charge on any atom is 0.434 e. The molecule has 0 aliphatic rings. The number of alkyl halides is 3. The summed E-state index contributed by atoms with van der Waals surface area (Å²) in [4.78, 5) is 3.52. The van der Waals surface area contributed by atoms with Crippen LogP contribution in [0.15, 0.2) is 40.2 Å². The van der Waals surface area contributed by atoms with Crippen LogP contribution in [0.25, 0.3) is 0 Å². The summed E-state index contributed by atoms with van der Waals surface area (Å²) >= 11 is 0.888. The van der Waals surface area contributed by atoms with E-state index in [4.69, 9.17) is 4.52 Å². The molecule has 9 heteroatoms. The van der Waals surface area contributed by atoms with Gasteiger partial charge < -0.3 is 14.9 Å². The van der Waals surface area contributed by atoms with Crippen LogP contribution in [-0.2, 0) is 6.18 Å². The van der Waals surface area contributed by atoms with Crippen molar-refractivity contribution >= 4 is 22.2 Å². The van der Waals surface area contributed by atoms with Crippen molar-refractivity contribution in [2.24, 2.45) is 0 Å². The Bertz CT molecular complexity index is 827. The first-order chi connectivity index (χ1) is 11.3. The lowest BCUT2D eigenvalue weighted by molar-refractivity contribution is -0.140. The average molecular weight is 355 g/mol. The van der Waals surface area contributed by atoms with Crippen molar-refractivity contribution in [3.63, 3.8) is 0 Å². The molecule has 1 unspecified atom stereocenters. The zero-order valence-corrected chi connectivity index (χ0v) is 13.1. The molecule has 2 aromatic heterocycles. The van der Waals surface area contributed by atoms with Gasteiger partial charge in [-0.3, -0.25) is 0 Å². The summed E-state index contributed by atoms with van der Waals surface area (Å²) in [5, 5.41) is 16.6. The molecule has 0 saturated heterocycles. The summed E-state index contributed by atoms with van der Waals surface area (Å²) < 4.78 is 42.6. The van der Waals surface area contributed by atoms with Crippen LogP contribution in [0.4, 0.5) is 24.0 Å². The number of nitrogens with zero attached hydrogens (tertiary/aromatic N) is 2. The molecular formula is C15H12F3N3O2S. The Morgan fingerprint density at radius 3 is 2.50 bits per heavy atom. The fourth-order valence-corrected chi connectivity index (χ4v) is 2.83. The van der Waals surface area contributed by atoms with Crippen LogP contribution >= 0.6 is 11.3 Å². The number of benzene rings is 1. The van der Waals surface area contributed by atoms with Gasteiger partial charge in [0.15, 0.2) is 10.8 Å². The normalized spacial score (nSPS) is 13.0. The molecule has 0 saturated carbocycles. The van der Waals surface area contributed by atoms with E-state index in [0.29, 0.717) is 11.4 Å². The first kappa shape index (κ1) is 16.3. The van der Waals surface area contributed by atoms with Crippen molar-refractivity contribution in [2.45, 2.75) is 19.0 Å². The van der Waals surface area contributed by atoms with E-state index in [1.165, 1.54) is 6.07 Å². The molecule has 2 heterocycles. The molecule has 0 bridgehead atoms. The smallest absolute Gasteiger partial charge is 0.434 e. The number of hydrogen-bond donors (Lipinski definition) is 2. The van der Waals surface area contributed by atoms with E-state index in [1.807, 2.05) is 19.1 Å². The third-order valence-corrected chi connectivity index (χ3v) is 4.16. The van der Waals surface area contributed by atoms with E-state index < -0.39 is 11.9 Å². The first-order valence-corrected chi connectivity index (χ1v) is 7.76. The Kier molecular flexibility index (Phi) is 4.18. The van der Waals surface area contributed by atoms with Crippen molar-refractivity contribution in [2.75, 3.05) is 5.32 Å². The van der Waals surface area contributed by atoms with Crippen molar-refractivity contribution in [3.8, 4) is 5.88 Å². The molecular weight excluding hydrogens is 343 g/mol. The lowest BCUT2D eigenvalue weighted by atomic mass is 9.98. The lowest BCUT2D eigenvalue weighted by Crippen LogP contribution is -2.05. The van der Waals surface area contributed by atoms with Gasteiger partial charge in [-0.1, -0.05) is 19.1 Å². The number of halogens is 3. The van der Waals surface area contributed by atoms with E-state index in [1.54, 1.807) is 12.1 Å². The standard InChI is InChI=1S/C15H12F3N3O2S/c1-8(11-6-13(22)21-23-11)9-2-4-10(5-3-9)19-14-20-12(7-24-14)15(16,17)18/h2-8H,1H3,(H,19,20)(H,21,22). The fraction of sp³-hybridized carbons (Fsp3) is 0.200. The quantitative estimate of drug-likeness (QED) is 0.707. The molecule has 0 fully saturated rings. The number of hydrogen-bond acceptors (Lipinski definition) is 6. The van der Waals surface area contributed by atoms with Gasteiger partial charge in [-0.2, -0.15) is 13.2 Å². The number of nitrogens with one attached hydrogen (secondary N) is 1. The highest BCUT2D eigenvalue weighted by Crippen LogP contribution is 2.33. The van der Waals surface area contributed by atoms with Crippen LogP contribution in [0, 0.1) is 0 Å². The van der Waals surface area contributed by atoms with Gasteiger partial charge in [-0.15, -0.1) is 11.3 Å². The third-order valence-electron chi connectivity index (χ3n) is 3.40.